The van der Waals surface area contributed by atoms with Gasteiger partial charge < -0.3 is 4.84 Å². The topological polar surface area (TPSA) is 46.6 Å². The summed E-state index contributed by atoms with van der Waals surface area (Å²) in [5.41, 5.74) is 4.17. The molecular weight excluding hydrogens is 310 g/mol. The van der Waals surface area contributed by atoms with Crippen LogP contribution in [0.2, 0.25) is 0 Å². The zero-order valence-corrected chi connectivity index (χ0v) is 15.0. The molecule has 2 heterocycles. The number of ketones is 1. The van der Waals surface area contributed by atoms with Gasteiger partial charge in [0.05, 0.1) is 11.9 Å². The fourth-order valence-electron chi connectivity index (χ4n) is 3.95. The van der Waals surface area contributed by atoms with E-state index in [1.807, 2.05) is 25.8 Å². The first-order valence-electron chi connectivity index (χ1n) is 8.02. The second-order valence-corrected chi connectivity index (χ2v) is 8.02. The van der Waals surface area contributed by atoms with Gasteiger partial charge in [0.1, 0.15) is 5.92 Å². The Kier molecular flexibility index (Phi) is 4.38. The van der Waals surface area contributed by atoms with Crippen LogP contribution in [0.15, 0.2) is 12.1 Å². The lowest BCUT2D eigenvalue weighted by Crippen LogP contribution is -2.45. The molecule has 0 N–H and O–H groups in total. The summed E-state index contributed by atoms with van der Waals surface area (Å²) in [6.45, 7) is 7.43. The molecule has 2 aliphatic rings. The molecule has 1 aromatic carbocycles. The fraction of sp³-hybridized carbons (Fsp3) is 0.556. The average Bonchev–Trinajstić information content (AvgIpc) is 2.72. The van der Waals surface area contributed by atoms with Crippen molar-refractivity contribution in [3.63, 3.8) is 0 Å². The lowest BCUT2D eigenvalue weighted by Gasteiger charge is -2.35. The molecule has 0 aliphatic carbocycles. The first-order chi connectivity index (χ1) is 10.9. The molecule has 23 heavy (non-hydrogen) atoms. The number of hydroxylamine groups is 2. The van der Waals surface area contributed by atoms with E-state index in [1.54, 1.807) is 7.11 Å². The number of benzene rings is 1. The lowest BCUT2D eigenvalue weighted by molar-refractivity contribution is -0.150. The van der Waals surface area contributed by atoms with Gasteiger partial charge in [-0.2, -0.15) is 5.06 Å². The highest BCUT2D eigenvalue weighted by atomic mass is 32.2. The predicted octanol–water partition coefficient (Wildman–Crippen LogP) is 2.93. The summed E-state index contributed by atoms with van der Waals surface area (Å²) in [4.78, 5) is 31.1. The Labute approximate surface area is 141 Å². The van der Waals surface area contributed by atoms with E-state index in [0.29, 0.717) is 25.9 Å². The third-order valence-electron chi connectivity index (χ3n) is 5.06. The summed E-state index contributed by atoms with van der Waals surface area (Å²) in [5, 5.41) is 1.87. The van der Waals surface area contributed by atoms with Gasteiger partial charge in [-0.05, 0) is 50.3 Å². The summed E-state index contributed by atoms with van der Waals surface area (Å²) < 4.78 is -0.555. The van der Waals surface area contributed by atoms with Gasteiger partial charge >= 0.3 is 0 Å². The zero-order chi connectivity index (χ0) is 16.8. The van der Waals surface area contributed by atoms with Crippen LogP contribution < -0.4 is 0 Å². The van der Waals surface area contributed by atoms with E-state index >= 15 is 0 Å². The number of nitrogens with zero attached hydrogens (tertiary/aromatic N) is 1. The van der Waals surface area contributed by atoms with Gasteiger partial charge in [0, 0.05) is 13.1 Å². The minimum atomic E-state index is -0.602. The van der Waals surface area contributed by atoms with Gasteiger partial charge in [0.15, 0.2) is 5.78 Å². The van der Waals surface area contributed by atoms with Crippen LogP contribution in [0.25, 0.3) is 0 Å². The van der Waals surface area contributed by atoms with Crippen LogP contribution in [-0.2, 0) is 14.4 Å². The Morgan fingerprint density at radius 1 is 1.13 bits per heavy atom. The number of Topliss-reactive ketones (excluding diaryl/α,β-unsaturated/α-hetero) is 1. The number of carbonyl (C=O) groups excluding carboxylic acids is 2. The predicted molar refractivity (Wildman–Crippen MR) is 91.5 cm³/mol. The highest BCUT2D eigenvalue weighted by Crippen LogP contribution is 2.50. The van der Waals surface area contributed by atoms with Crippen LogP contribution in [0, 0.1) is 20.8 Å². The van der Waals surface area contributed by atoms with Crippen LogP contribution >= 0.6 is 11.8 Å². The second-order valence-electron chi connectivity index (χ2n) is 6.64. The maximum absolute atomic E-state index is 13.2. The third kappa shape index (κ3) is 2.75. The number of carbonyl (C=O) groups is 2. The average molecular weight is 333 g/mol. The molecule has 0 aromatic heterocycles. The monoisotopic (exact) mass is 333 g/mol. The number of hydrogen-bond acceptors (Lipinski definition) is 5. The highest BCUT2D eigenvalue weighted by Gasteiger charge is 2.55. The molecule has 2 fully saturated rings. The van der Waals surface area contributed by atoms with Crippen molar-refractivity contribution in [2.24, 2.45) is 0 Å². The van der Waals surface area contributed by atoms with Gasteiger partial charge in [-0.3, -0.25) is 9.59 Å². The van der Waals surface area contributed by atoms with E-state index in [-0.39, 0.29) is 10.9 Å². The molecule has 1 unspecified atom stereocenters. The summed E-state index contributed by atoms with van der Waals surface area (Å²) in [6, 6.07) is 4.12. The quantitative estimate of drug-likeness (QED) is 0.779. The fourth-order valence-corrected chi connectivity index (χ4v) is 5.28. The summed E-state index contributed by atoms with van der Waals surface area (Å²) in [7, 11) is 1.65. The third-order valence-corrected chi connectivity index (χ3v) is 6.49. The van der Waals surface area contributed by atoms with E-state index < -0.39 is 10.7 Å². The maximum Gasteiger partial charge on any atom is 0.204 e. The molecule has 0 amide bonds. The SMILES string of the molecule is CON1CCC2(CC1)SC(=O)C(c1c(C)cc(C)cc1C)C2=O. The molecule has 0 bridgehead atoms. The van der Waals surface area contributed by atoms with Gasteiger partial charge in [-0.1, -0.05) is 29.5 Å². The molecule has 5 heteroatoms. The van der Waals surface area contributed by atoms with Crippen LogP contribution in [-0.4, -0.2) is 40.9 Å². The van der Waals surface area contributed by atoms with Gasteiger partial charge in [0.2, 0.25) is 5.12 Å². The van der Waals surface area contributed by atoms with Gasteiger partial charge in [0.25, 0.3) is 0 Å². The van der Waals surface area contributed by atoms with Crippen molar-refractivity contribution in [3.8, 4) is 0 Å². The van der Waals surface area contributed by atoms with Crippen LogP contribution in [0.4, 0.5) is 0 Å². The minimum Gasteiger partial charge on any atom is -0.302 e. The number of thioether (sulfide) groups is 1. The van der Waals surface area contributed by atoms with E-state index in [1.165, 1.54) is 11.8 Å². The van der Waals surface area contributed by atoms with Crippen LogP contribution in [0.3, 0.4) is 0 Å². The second kappa shape index (κ2) is 6.04. The standard InChI is InChI=1S/C18H23NO3S/c1-11-9-12(2)14(13(3)10-11)15-16(20)18(23-17(15)21)5-7-19(22-4)8-6-18/h9-10,15H,5-8H2,1-4H3. The van der Waals surface area contributed by atoms with Crippen molar-refractivity contribution in [2.75, 3.05) is 20.2 Å². The molecule has 2 saturated heterocycles. The first kappa shape index (κ1) is 16.7. The Bertz CT molecular complexity index is 639. The maximum atomic E-state index is 13.2. The molecule has 4 nitrogen and oxygen atoms in total. The van der Waals surface area contributed by atoms with Crippen LogP contribution in [0.5, 0.6) is 0 Å². The van der Waals surface area contributed by atoms with E-state index in [0.717, 1.165) is 22.3 Å². The molecule has 124 valence electrons. The normalized spacial score (nSPS) is 24.6. The molecule has 1 atom stereocenters. The van der Waals surface area contributed by atoms with Gasteiger partial charge in [-0.15, -0.1) is 0 Å². The Balaban J connectivity index is 1.94. The van der Waals surface area contributed by atoms with Crippen molar-refractivity contribution in [1.29, 1.82) is 0 Å². The number of aryl methyl sites for hydroxylation is 3. The molecule has 0 saturated carbocycles. The largest absolute Gasteiger partial charge is 0.302 e. The number of hydrogen-bond donors (Lipinski definition) is 0. The van der Waals surface area contributed by atoms with E-state index in [9.17, 15) is 9.59 Å². The molecule has 2 aliphatic heterocycles. The Hall–Kier alpha value is -1.17. The number of piperidine rings is 1. The molecule has 0 radical (unpaired) electrons. The highest BCUT2D eigenvalue weighted by molar-refractivity contribution is 8.16. The lowest BCUT2D eigenvalue weighted by atomic mass is 9.80. The summed E-state index contributed by atoms with van der Waals surface area (Å²) in [6.07, 6.45) is 1.35. The molecule has 1 aromatic rings. The van der Waals surface area contributed by atoms with Crippen LogP contribution in [0.1, 0.15) is 41.0 Å². The molecule has 1 spiro atoms. The van der Waals surface area contributed by atoms with Crippen molar-refractivity contribution < 1.29 is 14.4 Å². The van der Waals surface area contributed by atoms with E-state index in [4.69, 9.17) is 4.84 Å². The van der Waals surface area contributed by atoms with Crippen molar-refractivity contribution in [1.82, 2.24) is 5.06 Å². The van der Waals surface area contributed by atoms with Gasteiger partial charge in [-0.25, -0.2) is 0 Å². The Morgan fingerprint density at radius 2 is 1.70 bits per heavy atom. The van der Waals surface area contributed by atoms with Crippen molar-refractivity contribution in [2.45, 2.75) is 44.3 Å². The van der Waals surface area contributed by atoms with E-state index in [2.05, 4.69) is 12.1 Å². The summed E-state index contributed by atoms with van der Waals surface area (Å²) >= 11 is 1.26. The first-order valence-corrected chi connectivity index (χ1v) is 8.83. The van der Waals surface area contributed by atoms with Crippen molar-refractivity contribution >= 4 is 22.7 Å². The minimum absolute atomic E-state index is 0.0101. The summed E-state index contributed by atoms with van der Waals surface area (Å²) in [5.74, 6) is -0.506. The smallest absolute Gasteiger partial charge is 0.204 e. The zero-order valence-electron chi connectivity index (χ0n) is 14.1. The number of rotatable bonds is 2. The van der Waals surface area contributed by atoms with Crippen molar-refractivity contribution in [3.05, 3.63) is 34.4 Å². The molecule has 3 rings (SSSR count). The molecular formula is C18H23NO3S. The Morgan fingerprint density at radius 3 is 2.22 bits per heavy atom.